The highest BCUT2D eigenvalue weighted by Gasteiger charge is 2.04. The molecule has 110 valence electrons. The van der Waals surface area contributed by atoms with Crippen LogP contribution < -0.4 is 10.6 Å². The average Bonchev–Trinajstić information content (AvgIpc) is 2.51. The highest BCUT2D eigenvalue weighted by atomic mass is 16.1. The summed E-state index contributed by atoms with van der Waals surface area (Å²) in [5.41, 5.74) is 2.67. The van der Waals surface area contributed by atoms with Gasteiger partial charge in [0.25, 0.3) is 5.91 Å². The molecule has 0 radical (unpaired) electrons. The fourth-order valence-electron chi connectivity index (χ4n) is 1.94. The third kappa shape index (κ3) is 5.31. The van der Waals surface area contributed by atoms with E-state index in [1.54, 1.807) is 24.5 Å². The molecule has 0 aromatic carbocycles. The second kappa shape index (κ2) is 8.11. The molecule has 0 bridgehead atoms. The Morgan fingerprint density at radius 1 is 1.24 bits per heavy atom. The van der Waals surface area contributed by atoms with Crippen molar-refractivity contribution in [3.8, 4) is 0 Å². The van der Waals surface area contributed by atoms with E-state index in [1.165, 1.54) is 0 Å². The molecule has 0 atom stereocenters. The molecule has 2 heterocycles. The van der Waals surface area contributed by atoms with Crippen LogP contribution >= 0.6 is 0 Å². The van der Waals surface area contributed by atoms with Gasteiger partial charge in [-0.1, -0.05) is 6.07 Å². The van der Waals surface area contributed by atoms with Crippen molar-refractivity contribution in [3.05, 3.63) is 59.7 Å². The molecule has 0 fully saturated rings. The summed E-state index contributed by atoms with van der Waals surface area (Å²) in [5.74, 6) is -0.0484. The number of carbonyl (C=O) groups excluding carboxylic acids is 1. The van der Waals surface area contributed by atoms with Crippen LogP contribution in [0.3, 0.4) is 0 Å². The lowest BCUT2D eigenvalue weighted by molar-refractivity contribution is 0.0953. The molecule has 0 saturated heterocycles. The molecule has 5 nitrogen and oxygen atoms in total. The summed E-state index contributed by atoms with van der Waals surface area (Å²) in [6.07, 6.45) is 6.15. The SMILES string of the molecule is Cc1cc(C(=O)NCCCNCc2cccnc2)ccn1. The van der Waals surface area contributed by atoms with Crippen molar-refractivity contribution in [2.75, 3.05) is 13.1 Å². The number of nitrogens with one attached hydrogen (secondary N) is 2. The zero-order valence-electron chi connectivity index (χ0n) is 12.2. The van der Waals surface area contributed by atoms with Crippen LogP contribution in [0.5, 0.6) is 0 Å². The van der Waals surface area contributed by atoms with E-state index in [1.807, 2.05) is 25.3 Å². The van der Waals surface area contributed by atoms with Crippen LogP contribution in [0, 0.1) is 6.92 Å². The number of carbonyl (C=O) groups is 1. The molecule has 0 unspecified atom stereocenters. The van der Waals surface area contributed by atoms with Gasteiger partial charge in [0.2, 0.25) is 0 Å². The van der Waals surface area contributed by atoms with E-state index < -0.39 is 0 Å². The van der Waals surface area contributed by atoms with Crippen molar-refractivity contribution < 1.29 is 4.79 Å². The van der Waals surface area contributed by atoms with E-state index in [2.05, 4.69) is 20.6 Å². The van der Waals surface area contributed by atoms with Gasteiger partial charge in [0, 0.05) is 42.9 Å². The van der Waals surface area contributed by atoms with Crippen LogP contribution in [-0.2, 0) is 6.54 Å². The van der Waals surface area contributed by atoms with Gasteiger partial charge >= 0.3 is 0 Å². The maximum atomic E-state index is 11.9. The monoisotopic (exact) mass is 284 g/mol. The van der Waals surface area contributed by atoms with Crippen LogP contribution in [0.1, 0.15) is 28.0 Å². The average molecular weight is 284 g/mol. The van der Waals surface area contributed by atoms with Gasteiger partial charge in [-0.2, -0.15) is 0 Å². The first-order valence-corrected chi connectivity index (χ1v) is 7.06. The van der Waals surface area contributed by atoms with E-state index >= 15 is 0 Å². The van der Waals surface area contributed by atoms with Gasteiger partial charge in [0.15, 0.2) is 0 Å². The zero-order valence-corrected chi connectivity index (χ0v) is 12.2. The molecular formula is C16H20N4O. The zero-order chi connectivity index (χ0) is 14.9. The topological polar surface area (TPSA) is 66.9 Å². The van der Waals surface area contributed by atoms with E-state index in [-0.39, 0.29) is 5.91 Å². The number of rotatable bonds is 7. The van der Waals surface area contributed by atoms with Gasteiger partial charge in [-0.05, 0) is 43.7 Å². The number of amides is 1. The number of hydrogen-bond acceptors (Lipinski definition) is 4. The number of aromatic nitrogens is 2. The molecule has 0 saturated carbocycles. The standard InChI is InChI=1S/C16H20N4O/c1-13-10-15(5-9-19-13)16(21)20-8-3-7-18-12-14-4-2-6-17-11-14/h2,4-6,9-11,18H,3,7-8,12H2,1H3,(H,20,21). The third-order valence-electron chi connectivity index (χ3n) is 3.03. The van der Waals surface area contributed by atoms with E-state index in [9.17, 15) is 4.79 Å². The molecule has 0 aliphatic heterocycles. The van der Waals surface area contributed by atoms with Crippen molar-refractivity contribution >= 4 is 5.91 Å². The van der Waals surface area contributed by atoms with Crippen molar-refractivity contribution in [2.45, 2.75) is 19.9 Å². The van der Waals surface area contributed by atoms with Gasteiger partial charge in [0.05, 0.1) is 0 Å². The lowest BCUT2D eigenvalue weighted by Crippen LogP contribution is -2.27. The first-order chi connectivity index (χ1) is 10.3. The lowest BCUT2D eigenvalue weighted by Gasteiger charge is -2.07. The van der Waals surface area contributed by atoms with Crippen LogP contribution in [0.25, 0.3) is 0 Å². The summed E-state index contributed by atoms with van der Waals surface area (Å²) in [6.45, 7) is 4.18. The molecular weight excluding hydrogens is 264 g/mol. The minimum atomic E-state index is -0.0484. The highest BCUT2D eigenvalue weighted by molar-refractivity contribution is 5.94. The largest absolute Gasteiger partial charge is 0.352 e. The number of aryl methyl sites for hydroxylation is 1. The van der Waals surface area contributed by atoms with Gasteiger partial charge < -0.3 is 10.6 Å². The molecule has 0 aliphatic carbocycles. The Kier molecular flexibility index (Phi) is 5.84. The Labute approximate surface area is 124 Å². The third-order valence-corrected chi connectivity index (χ3v) is 3.03. The van der Waals surface area contributed by atoms with E-state index in [4.69, 9.17) is 0 Å². The Morgan fingerprint density at radius 2 is 2.14 bits per heavy atom. The van der Waals surface area contributed by atoms with E-state index in [0.717, 1.165) is 30.8 Å². The Morgan fingerprint density at radius 3 is 2.90 bits per heavy atom. The molecule has 0 spiro atoms. The van der Waals surface area contributed by atoms with E-state index in [0.29, 0.717) is 12.1 Å². The smallest absolute Gasteiger partial charge is 0.251 e. The number of pyridine rings is 2. The molecule has 5 heteroatoms. The van der Waals surface area contributed by atoms with Gasteiger partial charge in [-0.25, -0.2) is 0 Å². The summed E-state index contributed by atoms with van der Waals surface area (Å²) in [6, 6.07) is 7.47. The Bertz CT molecular complexity index is 571. The van der Waals surface area contributed by atoms with Gasteiger partial charge in [0.1, 0.15) is 0 Å². The fraction of sp³-hybridized carbons (Fsp3) is 0.312. The van der Waals surface area contributed by atoms with Crippen molar-refractivity contribution in [3.63, 3.8) is 0 Å². The molecule has 1 amide bonds. The molecule has 2 N–H and O–H groups in total. The molecule has 2 rings (SSSR count). The summed E-state index contributed by atoms with van der Waals surface area (Å²) in [7, 11) is 0. The Balaban J connectivity index is 1.60. The Hall–Kier alpha value is -2.27. The van der Waals surface area contributed by atoms with Gasteiger partial charge in [-0.3, -0.25) is 14.8 Å². The molecule has 21 heavy (non-hydrogen) atoms. The second-order valence-electron chi connectivity index (χ2n) is 4.83. The summed E-state index contributed by atoms with van der Waals surface area (Å²) in [4.78, 5) is 20.0. The molecule has 2 aromatic rings. The van der Waals surface area contributed by atoms with Crippen LogP contribution in [0.15, 0.2) is 42.9 Å². The van der Waals surface area contributed by atoms with Crippen molar-refractivity contribution in [1.82, 2.24) is 20.6 Å². The lowest BCUT2D eigenvalue weighted by atomic mass is 10.2. The number of hydrogen-bond donors (Lipinski definition) is 2. The second-order valence-corrected chi connectivity index (χ2v) is 4.83. The predicted octanol–water partition coefficient (Wildman–Crippen LogP) is 1.69. The minimum Gasteiger partial charge on any atom is -0.352 e. The molecule has 0 aliphatic rings. The van der Waals surface area contributed by atoms with Crippen molar-refractivity contribution in [1.29, 1.82) is 0 Å². The van der Waals surface area contributed by atoms with Crippen LogP contribution in [0.4, 0.5) is 0 Å². The predicted molar refractivity (Wildman–Crippen MR) is 81.9 cm³/mol. The maximum absolute atomic E-state index is 11.9. The summed E-state index contributed by atoms with van der Waals surface area (Å²) < 4.78 is 0. The summed E-state index contributed by atoms with van der Waals surface area (Å²) >= 11 is 0. The normalized spacial score (nSPS) is 10.3. The minimum absolute atomic E-state index is 0.0484. The first kappa shape index (κ1) is 15.1. The number of nitrogens with zero attached hydrogens (tertiary/aromatic N) is 2. The van der Waals surface area contributed by atoms with Gasteiger partial charge in [-0.15, -0.1) is 0 Å². The van der Waals surface area contributed by atoms with Crippen LogP contribution in [-0.4, -0.2) is 29.0 Å². The quantitative estimate of drug-likeness (QED) is 0.759. The highest BCUT2D eigenvalue weighted by Crippen LogP contribution is 2.00. The first-order valence-electron chi connectivity index (χ1n) is 7.06. The van der Waals surface area contributed by atoms with Crippen molar-refractivity contribution in [2.24, 2.45) is 0 Å². The maximum Gasteiger partial charge on any atom is 0.251 e. The fourth-order valence-corrected chi connectivity index (χ4v) is 1.94. The summed E-state index contributed by atoms with van der Waals surface area (Å²) in [5, 5.41) is 6.23. The molecule has 2 aromatic heterocycles. The van der Waals surface area contributed by atoms with Crippen LogP contribution in [0.2, 0.25) is 0 Å².